The van der Waals surface area contributed by atoms with Crippen LogP contribution in [0.4, 0.5) is 5.69 Å². The molecule has 34 heavy (non-hydrogen) atoms. The summed E-state index contributed by atoms with van der Waals surface area (Å²) in [6.45, 7) is 5.81. The summed E-state index contributed by atoms with van der Waals surface area (Å²) >= 11 is 0. The first-order valence-electron chi connectivity index (χ1n) is 11.2. The van der Waals surface area contributed by atoms with E-state index in [2.05, 4.69) is 43.5 Å². The first-order valence-corrected chi connectivity index (χ1v) is 11.2. The van der Waals surface area contributed by atoms with Gasteiger partial charge in [0.1, 0.15) is 5.76 Å². The second kappa shape index (κ2) is 9.27. The lowest BCUT2D eigenvalue weighted by Gasteiger charge is -2.34. The minimum atomic E-state index is -1.17. The third-order valence-electron chi connectivity index (χ3n) is 6.51. The summed E-state index contributed by atoms with van der Waals surface area (Å²) in [5.41, 5.74) is 4.73. The van der Waals surface area contributed by atoms with Gasteiger partial charge in [-0.25, -0.2) is 0 Å². The molecule has 2 aromatic carbocycles. The number of carbonyl (C=O) groups is 3. The van der Waals surface area contributed by atoms with E-state index in [1.807, 2.05) is 6.07 Å². The Morgan fingerprint density at radius 3 is 2.35 bits per heavy atom. The number of aryl methyl sites for hydroxylation is 3. The van der Waals surface area contributed by atoms with Crippen LogP contribution >= 0.6 is 0 Å². The van der Waals surface area contributed by atoms with Crippen LogP contribution in [0.2, 0.25) is 0 Å². The number of anilines is 1. The number of nitrogens with one attached hydrogen (secondary N) is 2. The highest BCUT2D eigenvalue weighted by atomic mass is 16.3. The molecule has 176 valence electrons. The minimum absolute atomic E-state index is 0.160. The fourth-order valence-electron chi connectivity index (χ4n) is 4.59. The Morgan fingerprint density at radius 1 is 1.06 bits per heavy atom. The topological polar surface area (TPSA) is 109 Å². The quantitative estimate of drug-likeness (QED) is 0.486. The van der Waals surface area contributed by atoms with Gasteiger partial charge in [-0.3, -0.25) is 19.7 Å². The van der Waals surface area contributed by atoms with E-state index < -0.39 is 17.9 Å². The summed E-state index contributed by atoms with van der Waals surface area (Å²) in [5, 5.41) is 15.0. The smallest absolute Gasteiger partial charge is 0.291 e. The SMILES string of the molecule is Cc1cc(C)c(Cc2ccc(C(=O)Nc3ccc(C4(CO)CCC(=O)NC4=O)cc3)o2)c(C)c1. The van der Waals surface area contributed by atoms with Crippen molar-refractivity contribution < 1.29 is 23.9 Å². The minimum Gasteiger partial charge on any atom is -0.456 e. The Balaban J connectivity index is 1.45. The van der Waals surface area contributed by atoms with Crippen molar-refractivity contribution >= 4 is 23.4 Å². The summed E-state index contributed by atoms with van der Waals surface area (Å²) in [7, 11) is 0. The van der Waals surface area contributed by atoms with E-state index in [4.69, 9.17) is 4.42 Å². The molecule has 1 fully saturated rings. The molecule has 1 unspecified atom stereocenters. The van der Waals surface area contributed by atoms with Gasteiger partial charge in [0, 0.05) is 18.5 Å². The monoisotopic (exact) mass is 460 g/mol. The molecule has 3 aromatic rings. The molecule has 0 bridgehead atoms. The van der Waals surface area contributed by atoms with Crippen LogP contribution in [0.3, 0.4) is 0 Å². The second-order valence-electron chi connectivity index (χ2n) is 8.97. The van der Waals surface area contributed by atoms with Gasteiger partial charge in [-0.1, -0.05) is 29.8 Å². The summed E-state index contributed by atoms with van der Waals surface area (Å²) in [4.78, 5) is 36.6. The average Bonchev–Trinajstić information content (AvgIpc) is 3.26. The Labute approximate surface area is 198 Å². The maximum Gasteiger partial charge on any atom is 0.291 e. The van der Waals surface area contributed by atoms with Gasteiger partial charge < -0.3 is 14.8 Å². The van der Waals surface area contributed by atoms with E-state index in [-0.39, 0.29) is 30.4 Å². The molecule has 4 rings (SSSR count). The third-order valence-corrected chi connectivity index (χ3v) is 6.51. The van der Waals surface area contributed by atoms with Gasteiger partial charge in [-0.15, -0.1) is 0 Å². The van der Waals surface area contributed by atoms with Gasteiger partial charge in [-0.05, 0) is 73.7 Å². The number of amides is 3. The fourth-order valence-corrected chi connectivity index (χ4v) is 4.59. The van der Waals surface area contributed by atoms with Crippen LogP contribution in [-0.4, -0.2) is 29.4 Å². The number of aliphatic hydroxyl groups is 1. The number of furan rings is 1. The highest BCUT2D eigenvalue weighted by Gasteiger charge is 2.43. The van der Waals surface area contributed by atoms with Crippen LogP contribution < -0.4 is 10.6 Å². The van der Waals surface area contributed by atoms with Crippen LogP contribution in [0.15, 0.2) is 52.9 Å². The molecule has 1 aliphatic rings. The second-order valence-corrected chi connectivity index (χ2v) is 8.97. The summed E-state index contributed by atoms with van der Waals surface area (Å²) < 4.78 is 5.81. The van der Waals surface area contributed by atoms with E-state index in [1.165, 1.54) is 22.3 Å². The standard InChI is InChI=1S/C27H28N2O5/c1-16-12-17(2)22(18(3)13-16)14-21-8-9-23(34-21)25(32)28-20-6-4-19(5-7-20)27(15-30)11-10-24(31)29-26(27)33/h4-9,12-13,30H,10-11,14-15H2,1-3H3,(H,28,32)(H,29,31,33). The normalized spacial score (nSPS) is 18.0. The number of benzene rings is 2. The highest BCUT2D eigenvalue weighted by molar-refractivity contribution is 6.04. The molecule has 0 aliphatic carbocycles. The summed E-state index contributed by atoms with van der Waals surface area (Å²) in [6.07, 6.45) is 0.996. The molecule has 3 N–H and O–H groups in total. The Hall–Kier alpha value is -3.71. The first kappa shape index (κ1) is 23.4. The van der Waals surface area contributed by atoms with E-state index in [9.17, 15) is 19.5 Å². The Kier molecular flexibility index (Phi) is 6.39. The molecule has 1 aromatic heterocycles. The molecule has 0 radical (unpaired) electrons. The zero-order valence-electron chi connectivity index (χ0n) is 19.5. The molecule has 1 aliphatic heterocycles. The van der Waals surface area contributed by atoms with Crippen LogP contribution in [-0.2, 0) is 21.4 Å². The average molecular weight is 461 g/mol. The predicted octanol–water partition coefficient (Wildman–Crippen LogP) is 3.71. The van der Waals surface area contributed by atoms with Crippen molar-refractivity contribution in [3.05, 3.63) is 87.9 Å². The van der Waals surface area contributed by atoms with Crippen LogP contribution in [0.25, 0.3) is 0 Å². The van der Waals surface area contributed by atoms with Gasteiger partial charge in [0.25, 0.3) is 5.91 Å². The number of carbonyl (C=O) groups excluding carboxylic acids is 3. The molecule has 0 spiro atoms. The Morgan fingerprint density at radius 2 is 1.74 bits per heavy atom. The molecule has 2 heterocycles. The van der Waals surface area contributed by atoms with Crippen molar-refractivity contribution in [2.24, 2.45) is 0 Å². The van der Waals surface area contributed by atoms with Crippen LogP contribution in [0.1, 0.15) is 57.0 Å². The van der Waals surface area contributed by atoms with E-state index in [0.717, 1.165) is 0 Å². The number of rotatable bonds is 6. The molecule has 7 nitrogen and oxygen atoms in total. The predicted molar refractivity (Wildman–Crippen MR) is 128 cm³/mol. The number of hydrogen-bond donors (Lipinski definition) is 3. The Bertz CT molecular complexity index is 1240. The zero-order chi connectivity index (χ0) is 24.5. The van der Waals surface area contributed by atoms with Crippen LogP contribution in [0, 0.1) is 20.8 Å². The third kappa shape index (κ3) is 4.52. The lowest BCUT2D eigenvalue weighted by molar-refractivity contribution is -0.139. The lowest BCUT2D eigenvalue weighted by atomic mass is 9.74. The lowest BCUT2D eigenvalue weighted by Crippen LogP contribution is -2.53. The molecule has 3 amide bonds. The van der Waals surface area contributed by atoms with Crippen molar-refractivity contribution in [1.29, 1.82) is 0 Å². The van der Waals surface area contributed by atoms with Gasteiger partial charge in [0.2, 0.25) is 11.8 Å². The number of piperidine rings is 1. The molecule has 1 atom stereocenters. The van der Waals surface area contributed by atoms with Crippen molar-refractivity contribution in [2.45, 2.75) is 45.4 Å². The maximum atomic E-state index is 12.7. The maximum absolute atomic E-state index is 12.7. The molecule has 0 saturated carbocycles. The number of hydrogen-bond acceptors (Lipinski definition) is 5. The van der Waals surface area contributed by atoms with Gasteiger partial charge in [0.05, 0.1) is 12.0 Å². The molecular formula is C27H28N2O5. The van der Waals surface area contributed by atoms with Crippen molar-refractivity contribution in [1.82, 2.24) is 5.32 Å². The van der Waals surface area contributed by atoms with E-state index >= 15 is 0 Å². The molecular weight excluding hydrogens is 432 g/mol. The number of imide groups is 1. The summed E-state index contributed by atoms with van der Waals surface area (Å²) in [5.74, 6) is -0.320. The fraction of sp³-hybridized carbons (Fsp3) is 0.296. The molecule has 1 saturated heterocycles. The van der Waals surface area contributed by atoms with Crippen molar-refractivity contribution in [2.75, 3.05) is 11.9 Å². The van der Waals surface area contributed by atoms with Crippen molar-refractivity contribution in [3.8, 4) is 0 Å². The largest absolute Gasteiger partial charge is 0.456 e. The van der Waals surface area contributed by atoms with Crippen molar-refractivity contribution in [3.63, 3.8) is 0 Å². The first-order chi connectivity index (χ1) is 16.2. The summed E-state index contributed by atoms with van der Waals surface area (Å²) in [6, 6.07) is 14.4. The highest BCUT2D eigenvalue weighted by Crippen LogP contribution is 2.33. The van der Waals surface area contributed by atoms with E-state index in [1.54, 1.807) is 30.3 Å². The van der Waals surface area contributed by atoms with Gasteiger partial charge >= 0.3 is 0 Å². The zero-order valence-corrected chi connectivity index (χ0v) is 19.5. The van der Waals surface area contributed by atoms with E-state index in [0.29, 0.717) is 23.4 Å². The van der Waals surface area contributed by atoms with Gasteiger partial charge in [-0.2, -0.15) is 0 Å². The van der Waals surface area contributed by atoms with Gasteiger partial charge in [0.15, 0.2) is 5.76 Å². The molecule has 7 heteroatoms. The number of aliphatic hydroxyl groups excluding tert-OH is 1. The van der Waals surface area contributed by atoms with Crippen LogP contribution in [0.5, 0.6) is 0 Å².